The number of aromatic nitrogens is 3. The maximum absolute atomic E-state index is 12.5. The highest BCUT2D eigenvalue weighted by molar-refractivity contribution is 7.15. The summed E-state index contributed by atoms with van der Waals surface area (Å²) in [6.07, 6.45) is 4.29. The number of aryl methyl sites for hydroxylation is 1. The second kappa shape index (κ2) is 5.85. The number of piperidine rings is 1. The fraction of sp³-hybridized carbons (Fsp3) is 0.500. The van der Waals surface area contributed by atoms with E-state index in [2.05, 4.69) is 15.2 Å². The van der Waals surface area contributed by atoms with E-state index in [0.29, 0.717) is 17.5 Å². The van der Waals surface area contributed by atoms with E-state index in [-0.39, 0.29) is 5.91 Å². The molecule has 1 atom stereocenters. The summed E-state index contributed by atoms with van der Waals surface area (Å²) in [6.45, 7) is 3.49. The molecule has 0 spiro atoms. The van der Waals surface area contributed by atoms with E-state index >= 15 is 0 Å². The number of aromatic amines is 1. The van der Waals surface area contributed by atoms with Crippen molar-refractivity contribution >= 4 is 22.4 Å². The van der Waals surface area contributed by atoms with Crippen LogP contribution in [0.5, 0.6) is 0 Å². The second-order valence-corrected chi connectivity index (χ2v) is 6.54. The zero-order valence-electron chi connectivity index (χ0n) is 12.0. The molecule has 0 aromatic carbocycles. The maximum atomic E-state index is 12.5. The molecular formula is C14H19N5OS. The Balaban J connectivity index is 1.66. The van der Waals surface area contributed by atoms with Gasteiger partial charge in [0.1, 0.15) is 0 Å². The van der Waals surface area contributed by atoms with Gasteiger partial charge in [-0.3, -0.25) is 9.89 Å². The van der Waals surface area contributed by atoms with Crippen molar-refractivity contribution in [2.45, 2.75) is 32.1 Å². The van der Waals surface area contributed by atoms with Crippen molar-refractivity contribution < 1.29 is 4.79 Å². The summed E-state index contributed by atoms with van der Waals surface area (Å²) >= 11 is 1.41. The van der Waals surface area contributed by atoms with Crippen LogP contribution in [0.1, 0.15) is 35.0 Å². The summed E-state index contributed by atoms with van der Waals surface area (Å²) in [5, 5.41) is 7.55. The van der Waals surface area contributed by atoms with Crippen LogP contribution in [-0.4, -0.2) is 39.1 Å². The number of nitrogens with one attached hydrogen (secondary N) is 1. The first-order valence-electron chi connectivity index (χ1n) is 7.12. The minimum absolute atomic E-state index is 0.158. The number of nitrogens with zero attached hydrogens (tertiary/aromatic N) is 3. The van der Waals surface area contributed by atoms with E-state index < -0.39 is 0 Å². The molecule has 1 aliphatic rings. The van der Waals surface area contributed by atoms with E-state index in [1.807, 2.05) is 17.9 Å². The number of nitrogen functional groups attached to an aromatic ring is 1. The summed E-state index contributed by atoms with van der Waals surface area (Å²) in [6, 6.07) is 1.99. The van der Waals surface area contributed by atoms with Gasteiger partial charge in [0.2, 0.25) is 5.91 Å². The number of nitrogens with two attached hydrogens (primary N) is 1. The molecule has 3 N–H and O–H groups in total. The number of amides is 1. The highest BCUT2D eigenvalue weighted by Gasteiger charge is 2.26. The number of anilines is 1. The lowest BCUT2D eigenvalue weighted by Crippen LogP contribution is -2.40. The van der Waals surface area contributed by atoms with E-state index in [4.69, 9.17) is 5.73 Å². The molecular weight excluding hydrogens is 286 g/mol. The Bertz CT molecular complexity index is 621. The molecule has 7 heteroatoms. The molecule has 112 valence electrons. The van der Waals surface area contributed by atoms with Gasteiger partial charge in [0, 0.05) is 35.8 Å². The summed E-state index contributed by atoms with van der Waals surface area (Å²) in [4.78, 5) is 19.6. The van der Waals surface area contributed by atoms with Crippen LogP contribution in [0.3, 0.4) is 0 Å². The van der Waals surface area contributed by atoms with Gasteiger partial charge in [-0.1, -0.05) is 0 Å². The SMILES string of the molecule is Cc1nc(N)sc1CC(=O)N1CCC[C@@H](c2ccn[nH]2)C1. The standard InChI is InChI=1S/C14H19N5OS/c1-9-12(21-14(15)17-9)7-13(20)19-6-2-3-10(8-19)11-4-5-16-18-11/h4-5,10H,2-3,6-8H2,1H3,(H2,15,17)(H,16,18)/t10-/m1/s1. The lowest BCUT2D eigenvalue weighted by molar-refractivity contribution is -0.131. The topological polar surface area (TPSA) is 87.9 Å². The molecule has 0 radical (unpaired) electrons. The van der Waals surface area contributed by atoms with Crippen LogP contribution >= 0.6 is 11.3 Å². The Morgan fingerprint density at radius 1 is 1.62 bits per heavy atom. The van der Waals surface area contributed by atoms with Crippen LogP contribution in [0, 0.1) is 6.92 Å². The number of H-pyrrole nitrogens is 1. The van der Waals surface area contributed by atoms with E-state index in [0.717, 1.165) is 42.2 Å². The van der Waals surface area contributed by atoms with Crippen LogP contribution in [0.4, 0.5) is 5.13 Å². The molecule has 1 fully saturated rings. The summed E-state index contributed by atoms with van der Waals surface area (Å²) in [5.41, 5.74) is 7.68. The third-order valence-corrected chi connectivity index (χ3v) is 4.94. The molecule has 6 nitrogen and oxygen atoms in total. The van der Waals surface area contributed by atoms with Gasteiger partial charge < -0.3 is 10.6 Å². The number of carbonyl (C=O) groups excluding carboxylic acids is 1. The molecule has 3 rings (SSSR count). The third-order valence-electron chi connectivity index (χ3n) is 3.96. The smallest absolute Gasteiger partial charge is 0.227 e. The van der Waals surface area contributed by atoms with Gasteiger partial charge in [-0.15, -0.1) is 11.3 Å². The fourth-order valence-corrected chi connectivity index (χ4v) is 3.64. The number of hydrogen-bond donors (Lipinski definition) is 2. The van der Waals surface area contributed by atoms with Gasteiger partial charge in [0.25, 0.3) is 0 Å². The molecule has 2 aromatic rings. The van der Waals surface area contributed by atoms with Gasteiger partial charge in [-0.05, 0) is 25.8 Å². The normalized spacial score (nSPS) is 18.9. The predicted octanol–water partition coefficient (Wildman–Crippen LogP) is 1.71. The predicted molar refractivity (Wildman–Crippen MR) is 82.1 cm³/mol. The fourth-order valence-electron chi connectivity index (χ4n) is 2.82. The third kappa shape index (κ3) is 3.07. The average Bonchev–Trinajstić information content (AvgIpc) is 3.09. The molecule has 3 heterocycles. The van der Waals surface area contributed by atoms with E-state index in [1.54, 1.807) is 6.20 Å². The van der Waals surface area contributed by atoms with Crippen molar-refractivity contribution in [1.29, 1.82) is 0 Å². The van der Waals surface area contributed by atoms with Crippen molar-refractivity contribution in [3.63, 3.8) is 0 Å². The lowest BCUT2D eigenvalue weighted by Gasteiger charge is -2.32. The van der Waals surface area contributed by atoms with Crippen molar-refractivity contribution in [3.05, 3.63) is 28.5 Å². The average molecular weight is 305 g/mol. The number of thiazole rings is 1. The van der Waals surface area contributed by atoms with Crippen LogP contribution in [0.25, 0.3) is 0 Å². The molecule has 0 saturated carbocycles. The Hall–Kier alpha value is -1.89. The molecule has 0 unspecified atom stereocenters. The van der Waals surface area contributed by atoms with Crippen molar-refractivity contribution in [3.8, 4) is 0 Å². The Morgan fingerprint density at radius 3 is 3.14 bits per heavy atom. The first-order chi connectivity index (χ1) is 10.1. The zero-order valence-corrected chi connectivity index (χ0v) is 12.8. The second-order valence-electron chi connectivity index (χ2n) is 5.43. The largest absolute Gasteiger partial charge is 0.375 e. The molecule has 2 aromatic heterocycles. The molecule has 1 aliphatic heterocycles. The lowest BCUT2D eigenvalue weighted by atomic mass is 9.94. The van der Waals surface area contributed by atoms with Gasteiger partial charge in [-0.25, -0.2) is 4.98 Å². The highest BCUT2D eigenvalue weighted by Crippen LogP contribution is 2.27. The van der Waals surface area contributed by atoms with E-state index in [9.17, 15) is 4.79 Å². The monoisotopic (exact) mass is 305 g/mol. The van der Waals surface area contributed by atoms with E-state index in [1.165, 1.54) is 11.3 Å². The zero-order chi connectivity index (χ0) is 14.8. The minimum atomic E-state index is 0.158. The molecule has 0 bridgehead atoms. The van der Waals surface area contributed by atoms with Crippen molar-refractivity contribution in [2.75, 3.05) is 18.8 Å². The number of hydrogen-bond acceptors (Lipinski definition) is 5. The van der Waals surface area contributed by atoms with Crippen LogP contribution in [-0.2, 0) is 11.2 Å². The Morgan fingerprint density at radius 2 is 2.48 bits per heavy atom. The van der Waals surface area contributed by atoms with Gasteiger partial charge in [0.15, 0.2) is 5.13 Å². The quantitative estimate of drug-likeness (QED) is 0.903. The first kappa shape index (κ1) is 14.1. The maximum Gasteiger partial charge on any atom is 0.227 e. The summed E-state index contributed by atoms with van der Waals surface area (Å²) in [7, 11) is 0. The first-order valence-corrected chi connectivity index (χ1v) is 7.94. The van der Waals surface area contributed by atoms with Crippen molar-refractivity contribution in [2.24, 2.45) is 0 Å². The number of carbonyl (C=O) groups is 1. The highest BCUT2D eigenvalue weighted by atomic mass is 32.1. The molecule has 0 aliphatic carbocycles. The number of likely N-dealkylation sites (tertiary alicyclic amines) is 1. The van der Waals surface area contributed by atoms with Crippen LogP contribution < -0.4 is 5.73 Å². The minimum Gasteiger partial charge on any atom is -0.375 e. The van der Waals surface area contributed by atoms with Gasteiger partial charge in [-0.2, -0.15) is 5.10 Å². The Labute approximate surface area is 127 Å². The molecule has 1 amide bonds. The van der Waals surface area contributed by atoms with Gasteiger partial charge in [0.05, 0.1) is 12.1 Å². The molecule has 21 heavy (non-hydrogen) atoms. The van der Waals surface area contributed by atoms with Gasteiger partial charge >= 0.3 is 0 Å². The summed E-state index contributed by atoms with van der Waals surface area (Å²) in [5.74, 6) is 0.517. The van der Waals surface area contributed by atoms with Crippen LogP contribution in [0.15, 0.2) is 12.3 Å². The number of rotatable bonds is 3. The molecule has 1 saturated heterocycles. The van der Waals surface area contributed by atoms with Crippen molar-refractivity contribution in [1.82, 2.24) is 20.1 Å². The van der Waals surface area contributed by atoms with Crippen LogP contribution in [0.2, 0.25) is 0 Å². The Kier molecular flexibility index (Phi) is 3.92. The summed E-state index contributed by atoms with van der Waals surface area (Å²) < 4.78 is 0.